The Bertz CT molecular complexity index is 847. The van der Waals surface area contributed by atoms with Crippen molar-refractivity contribution >= 4 is 16.9 Å². The molecule has 0 spiro atoms. The number of para-hydroxylation sites is 2. The van der Waals surface area contributed by atoms with Gasteiger partial charge < -0.3 is 10.6 Å². The molecule has 0 saturated carbocycles. The van der Waals surface area contributed by atoms with Gasteiger partial charge in [0.2, 0.25) is 0 Å². The van der Waals surface area contributed by atoms with E-state index in [1.165, 1.54) is 0 Å². The summed E-state index contributed by atoms with van der Waals surface area (Å²) in [4.78, 5) is 16.8. The van der Waals surface area contributed by atoms with E-state index >= 15 is 0 Å². The second kappa shape index (κ2) is 6.45. The maximum atomic E-state index is 12.4. The number of carbonyl (C=O) groups is 1. The van der Waals surface area contributed by atoms with Crippen molar-refractivity contribution in [1.82, 2.24) is 20.2 Å². The van der Waals surface area contributed by atoms with E-state index in [2.05, 4.69) is 15.6 Å². The molecule has 5 nitrogen and oxygen atoms in total. The zero-order valence-electron chi connectivity index (χ0n) is 13.4. The van der Waals surface area contributed by atoms with Crippen molar-refractivity contribution < 1.29 is 4.79 Å². The summed E-state index contributed by atoms with van der Waals surface area (Å²) < 4.78 is 2.03. The fourth-order valence-corrected chi connectivity index (χ4v) is 3.17. The predicted molar refractivity (Wildman–Crippen MR) is 94.4 cm³/mol. The lowest BCUT2D eigenvalue weighted by atomic mass is 10.1. The number of amides is 1. The van der Waals surface area contributed by atoms with Crippen LogP contribution in [0.2, 0.25) is 0 Å². The van der Waals surface area contributed by atoms with E-state index in [4.69, 9.17) is 0 Å². The topological polar surface area (TPSA) is 59.0 Å². The Labute approximate surface area is 140 Å². The molecule has 1 saturated heterocycles. The molecule has 3 aromatic rings. The van der Waals surface area contributed by atoms with E-state index in [-0.39, 0.29) is 11.9 Å². The highest BCUT2D eigenvalue weighted by Crippen LogP contribution is 2.18. The largest absolute Gasteiger partial charge is 0.349 e. The summed E-state index contributed by atoms with van der Waals surface area (Å²) in [5, 5.41) is 6.43. The van der Waals surface area contributed by atoms with E-state index in [9.17, 15) is 4.79 Å². The second-order valence-electron chi connectivity index (χ2n) is 6.15. The Balaban J connectivity index is 1.53. The van der Waals surface area contributed by atoms with Crippen LogP contribution >= 0.6 is 0 Å². The lowest BCUT2D eigenvalue weighted by molar-refractivity contribution is 0.0929. The molecule has 4 rings (SSSR count). The molecule has 1 aliphatic heterocycles. The molecular weight excluding hydrogens is 300 g/mol. The third-order valence-corrected chi connectivity index (χ3v) is 4.54. The van der Waals surface area contributed by atoms with E-state index in [1.807, 2.05) is 59.4 Å². The minimum absolute atomic E-state index is 0.00365. The number of hydrogen-bond acceptors (Lipinski definition) is 3. The fourth-order valence-electron chi connectivity index (χ4n) is 3.17. The van der Waals surface area contributed by atoms with Crippen molar-refractivity contribution in [2.45, 2.75) is 18.9 Å². The number of benzene rings is 2. The minimum Gasteiger partial charge on any atom is -0.349 e. The van der Waals surface area contributed by atoms with Gasteiger partial charge in [0.1, 0.15) is 6.33 Å². The number of aromatic nitrogens is 2. The number of carbonyl (C=O) groups excluding carboxylic acids is 1. The van der Waals surface area contributed by atoms with Gasteiger partial charge in [0.05, 0.1) is 11.0 Å². The summed E-state index contributed by atoms with van der Waals surface area (Å²) in [5.74, 6) is 0.00365. The monoisotopic (exact) mass is 320 g/mol. The summed E-state index contributed by atoms with van der Waals surface area (Å²) in [6, 6.07) is 16.0. The molecule has 1 aromatic heterocycles. The average molecular weight is 320 g/mol. The first-order chi connectivity index (χ1) is 11.8. The van der Waals surface area contributed by atoms with Crippen LogP contribution in [0.5, 0.6) is 0 Å². The van der Waals surface area contributed by atoms with Crippen LogP contribution < -0.4 is 10.6 Å². The number of imidazole rings is 1. The SMILES string of the molecule is O=C(NC1CCNCC1)c1ccc(-n2cnc3ccccc32)cc1. The number of nitrogens with zero attached hydrogens (tertiary/aromatic N) is 2. The van der Waals surface area contributed by atoms with Crippen LogP contribution in [0.1, 0.15) is 23.2 Å². The standard InChI is InChI=1S/C19H20N4O/c24-19(22-15-9-11-20-12-10-15)14-5-7-16(8-6-14)23-13-21-17-3-1-2-4-18(17)23/h1-8,13,15,20H,9-12H2,(H,22,24). The predicted octanol–water partition coefficient (Wildman–Crippen LogP) is 2.51. The van der Waals surface area contributed by atoms with Gasteiger partial charge in [0.25, 0.3) is 5.91 Å². The number of piperidine rings is 1. The van der Waals surface area contributed by atoms with E-state index < -0.39 is 0 Å². The van der Waals surface area contributed by atoms with Crippen LogP contribution in [-0.4, -0.2) is 34.6 Å². The molecule has 122 valence electrons. The summed E-state index contributed by atoms with van der Waals surface area (Å²) >= 11 is 0. The highest BCUT2D eigenvalue weighted by molar-refractivity contribution is 5.94. The number of hydrogen-bond donors (Lipinski definition) is 2. The molecule has 2 aromatic carbocycles. The zero-order chi connectivity index (χ0) is 16.4. The average Bonchev–Trinajstić information content (AvgIpc) is 3.07. The minimum atomic E-state index is 0.00365. The van der Waals surface area contributed by atoms with Crippen LogP contribution in [0.25, 0.3) is 16.7 Å². The summed E-state index contributed by atoms with van der Waals surface area (Å²) in [6.07, 6.45) is 3.80. The smallest absolute Gasteiger partial charge is 0.251 e. The lowest BCUT2D eigenvalue weighted by Gasteiger charge is -2.23. The Morgan fingerprint density at radius 1 is 1.08 bits per heavy atom. The van der Waals surface area contributed by atoms with Gasteiger partial charge in [-0.2, -0.15) is 0 Å². The van der Waals surface area contributed by atoms with Crippen LogP contribution in [0, 0.1) is 0 Å². The van der Waals surface area contributed by atoms with E-state index in [0.29, 0.717) is 5.56 Å². The molecule has 0 aliphatic carbocycles. The van der Waals surface area contributed by atoms with Crippen LogP contribution in [0.4, 0.5) is 0 Å². The summed E-state index contributed by atoms with van der Waals surface area (Å²) in [7, 11) is 0. The van der Waals surface area contributed by atoms with Crippen molar-refractivity contribution in [2.24, 2.45) is 0 Å². The van der Waals surface area contributed by atoms with Gasteiger partial charge in [0.15, 0.2) is 0 Å². The molecule has 5 heteroatoms. The fraction of sp³-hybridized carbons (Fsp3) is 0.263. The maximum Gasteiger partial charge on any atom is 0.251 e. The van der Waals surface area contributed by atoms with Crippen LogP contribution in [-0.2, 0) is 0 Å². The quantitative estimate of drug-likeness (QED) is 0.779. The van der Waals surface area contributed by atoms with Gasteiger partial charge in [-0.05, 0) is 62.3 Å². The molecular formula is C19H20N4O. The van der Waals surface area contributed by atoms with Gasteiger partial charge >= 0.3 is 0 Å². The first-order valence-corrected chi connectivity index (χ1v) is 8.35. The van der Waals surface area contributed by atoms with Gasteiger partial charge in [-0.1, -0.05) is 12.1 Å². The second-order valence-corrected chi connectivity index (χ2v) is 6.15. The highest BCUT2D eigenvalue weighted by Gasteiger charge is 2.16. The molecule has 2 N–H and O–H groups in total. The van der Waals surface area contributed by atoms with Gasteiger partial charge in [-0.15, -0.1) is 0 Å². The van der Waals surface area contributed by atoms with Crippen molar-refractivity contribution in [1.29, 1.82) is 0 Å². The molecule has 0 unspecified atom stereocenters. The molecule has 0 radical (unpaired) electrons. The van der Waals surface area contributed by atoms with Crippen molar-refractivity contribution in [3.05, 3.63) is 60.4 Å². The highest BCUT2D eigenvalue weighted by atomic mass is 16.1. The van der Waals surface area contributed by atoms with Crippen molar-refractivity contribution in [3.63, 3.8) is 0 Å². The van der Waals surface area contributed by atoms with Crippen molar-refractivity contribution in [3.8, 4) is 5.69 Å². The van der Waals surface area contributed by atoms with Crippen LogP contribution in [0.3, 0.4) is 0 Å². The molecule has 24 heavy (non-hydrogen) atoms. The van der Waals surface area contributed by atoms with Crippen molar-refractivity contribution in [2.75, 3.05) is 13.1 Å². The number of nitrogens with one attached hydrogen (secondary N) is 2. The third-order valence-electron chi connectivity index (χ3n) is 4.54. The van der Waals surface area contributed by atoms with E-state index in [0.717, 1.165) is 42.7 Å². The summed E-state index contributed by atoms with van der Waals surface area (Å²) in [5.41, 5.74) is 3.72. The Morgan fingerprint density at radius 2 is 1.83 bits per heavy atom. The third kappa shape index (κ3) is 2.90. The van der Waals surface area contributed by atoms with Gasteiger partial charge in [0, 0.05) is 17.3 Å². The Hall–Kier alpha value is -2.66. The zero-order valence-corrected chi connectivity index (χ0v) is 13.4. The number of rotatable bonds is 3. The molecule has 1 aliphatic rings. The normalized spacial score (nSPS) is 15.5. The van der Waals surface area contributed by atoms with Gasteiger partial charge in [-0.25, -0.2) is 4.98 Å². The first kappa shape index (κ1) is 14.9. The Kier molecular flexibility index (Phi) is 4.01. The lowest BCUT2D eigenvalue weighted by Crippen LogP contribution is -2.42. The van der Waals surface area contributed by atoms with E-state index in [1.54, 1.807) is 0 Å². The summed E-state index contributed by atoms with van der Waals surface area (Å²) in [6.45, 7) is 1.94. The first-order valence-electron chi connectivity index (χ1n) is 8.35. The molecule has 0 atom stereocenters. The van der Waals surface area contributed by atoms with Gasteiger partial charge in [-0.3, -0.25) is 9.36 Å². The Morgan fingerprint density at radius 3 is 2.62 bits per heavy atom. The van der Waals surface area contributed by atoms with Crippen LogP contribution in [0.15, 0.2) is 54.9 Å². The number of fused-ring (bicyclic) bond motifs is 1. The maximum absolute atomic E-state index is 12.4. The molecule has 0 bridgehead atoms. The molecule has 1 amide bonds. The molecule has 1 fully saturated rings. The molecule has 2 heterocycles.